The monoisotopic (exact) mass is 288 g/mol. The van der Waals surface area contributed by atoms with Gasteiger partial charge < -0.3 is 14.5 Å². The van der Waals surface area contributed by atoms with Crippen molar-refractivity contribution < 1.29 is 4.74 Å². The maximum atomic E-state index is 5.19. The van der Waals surface area contributed by atoms with Crippen LogP contribution in [0.25, 0.3) is 0 Å². The standard InChI is InChI=1S/C18H28N2O/c1-19(13-15-7-8-20(14-15)9-10-21-2)18-11-16-5-3-4-6-17(16)12-18/h3-6,15,18H,7-14H2,1-2H3. The van der Waals surface area contributed by atoms with Crippen molar-refractivity contribution in [2.75, 3.05) is 46.9 Å². The third kappa shape index (κ3) is 3.65. The van der Waals surface area contributed by atoms with Gasteiger partial charge in [-0.15, -0.1) is 0 Å². The molecule has 1 heterocycles. The highest BCUT2D eigenvalue weighted by atomic mass is 16.5. The van der Waals surface area contributed by atoms with Gasteiger partial charge >= 0.3 is 0 Å². The molecule has 0 saturated carbocycles. The van der Waals surface area contributed by atoms with Crippen LogP contribution in [0.15, 0.2) is 24.3 Å². The lowest BCUT2D eigenvalue weighted by Gasteiger charge is -2.27. The molecule has 0 amide bonds. The van der Waals surface area contributed by atoms with E-state index in [9.17, 15) is 0 Å². The largest absolute Gasteiger partial charge is 0.383 e. The van der Waals surface area contributed by atoms with Gasteiger partial charge in [-0.25, -0.2) is 0 Å². The molecule has 3 nitrogen and oxygen atoms in total. The lowest BCUT2D eigenvalue weighted by Crippen LogP contribution is -2.37. The Balaban J connectivity index is 1.46. The summed E-state index contributed by atoms with van der Waals surface area (Å²) >= 11 is 0. The SMILES string of the molecule is COCCN1CCC(CN(C)C2Cc3ccccc3C2)C1. The minimum absolute atomic E-state index is 0.704. The molecular weight excluding hydrogens is 260 g/mol. The molecule has 1 aliphatic heterocycles. The zero-order valence-corrected chi connectivity index (χ0v) is 13.4. The van der Waals surface area contributed by atoms with E-state index in [1.54, 1.807) is 18.2 Å². The summed E-state index contributed by atoms with van der Waals surface area (Å²) in [5.74, 6) is 0.829. The van der Waals surface area contributed by atoms with Crippen molar-refractivity contribution in [3.8, 4) is 0 Å². The van der Waals surface area contributed by atoms with E-state index in [1.807, 2.05) is 0 Å². The number of benzene rings is 1. The Morgan fingerprint density at radius 2 is 1.95 bits per heavy atom. The highest BCUT2D eigenvalue weighted by molar-refractivity contribution is 5.33. The first-order chi connectivity index (χ1) is 10.3. The van der Waals surface area contributed by atoms with E-state index in [0.29, 0.717) is 6.04 Å². The molecule has 2 aliphatic rings. The lowest BCUT2D eigenvalue weighted by molar-refractivity contribution is 0.154. The van der Waals surface area contributed by atoms with Gasteiger partial charge in [-0.05, 0) is 49.9 Å². The summed E-state index contributed by atoms with van der Waals surface area (Å²) in [6.45, 7) is 5.67. The van der Waals surface area contributed by atoms with Gasteiger partial charge in [-0.1, -0.05) is 24.3 Å². The maximum absolute atomic E-state index is 5.19. The fraction of sp³-hybridized carbons (Fsp3) is 0.667. The number of nitrogens with zero attached hydrogens (tertiary/aromatic N) is 2. The minimum Gasteiger partial charge on any atom is -0.383 e. The molecule has 3 rings (SSSR count). The molecule has 0 N–H and O–H groups in total. The Kier molecular flexibility index (Phi) is 4.94. The summed E-state index contributed by atoms with van der Waals surface area (Å²) in [5, 5.41) is 0. The first-order valence-corrected chi connectivity index (χ1v) is 8.24. The van der Waals surface area contributed by atoms with Crippen molar-refractivity contribution in [3.05, 3.63) is 35.4 Å². The molecule has 1 aliphatic carbocycles. The minimum atomic E-state index is 0.704. The topological polar surface area (TPSA) is 15.7 Å². The third-order valence-electron chi connectivity index (χ3n) is 5.18. The maximum Gasteiger partial charge on any atom is 0.0589 e. The van der Waals surface area contributed by atoms with E-state index in [0.717, 1.165) is 19.1 Å². The van der Waals surface area contributed by atoms with Gasteiger partial charge in [0, 0.05) is 32.8 Å². The van der Waals surface area contributed by atoms with Crippen molar-refractivity contribution >= 4 is 0 Å². The predicted octanol–water partition coefficient (Wildman–Crippen LogP) is 2.05. The van der Waals surface area contributed by atoms with Crippen LogP contribution in [-0.2, 0) is 17.6 Å². The van der Waals surface area contributed by atoms with E-state index in [4.69, 9.17) is 4.74 Å². The zero-order valence-electron chi connectivity index (χ0n) is 13.4. The second kappa shape index (κ2) is 6.91. The van der Waals surface area contributed by atoms with Crippen molar-refractivity contribution in [1.82, 2.24) is 9.80 Å². The number of methoxy groups -OCH3 is 1. The average Bonchev–Trinajstić information content (AvgIpc) is 3.11. The van der Waals surface area contributed by atoms with Gasteiger partial charge in [-0.2, -0.15) is 0 Å². The van der Waals surface area contributed by atoms with E-state index in [1.165, 1.54) is 38.9 Å². The van der Waals surface area contributed by atoms with Crippen molar-refractivity contribution in [2.45, 2.75) is 25.3 Å². The average molecular weight is 288 g/mol. The van der Waals surface area contributed by atoms with Crippen LogP contribution >= 0.6 is 0 Å². The third-order valence-corrected chi connectivity index (χ3v) is 5.18. The Labute approximate surface area is 128 Å². The van der Waals surface area contributed by atoms with E-state index in [2.05, 4.69) is 41.1 Å². The van der Waals surface area contributed by atoms with E-state index in [-0.39, 0.29) is 0 Å². The normalized spacial score (nSPS) is 23.1. The molecule has 0 bridgehead atoms. The molecule has 116 valence electrons. The lowest BCUT2D eigenvalue weighted by atomic mass is 10.1. The number of likely N-dealkylation sites (N-methyl/N-ethyl adjacent to an activating group) is 1. The van der Waals surface area contributed by atoms with Gasteiger partial charge in [0.15, 0.2) is 0 Å². The summed E-state index contributed by atoms with van der Waals surface area (Å²) in [5.41, 5.74) is 3.12. The zero-order chi connectivity index (χ0) is 14.7. The highest BCUT2D eigenvalue weighted by Gasteiger charge is 2.28. The van der Waals surface area contributed by atoms with Crippen LogP contribution < -0.4 is 0 Å². The van der Waals surface area contributed by atoms with Crippen molar-refractivity contribution in [3.63, 3.8) is 0 Å². The summed E-state index contributed by atoms with van der Waals surface area (Å²) in [6, 6.07) is 9.64. The van der Waals surface area contributed by atoms with E-state index < -0.39 is 0 Å². The van der Waals surface area contributed by atoms with Gasteiger partial charge in [0.2, 0.25) is 0 Å². The number of likely N-dealkylation sites (tertiary alicyclic amines) is 1. The molecule has 0 radical (unpaired) electrons. The van der Waals surface area contributed by atoms with Crippen LogP contribution in [0, 0.1) is 5.92 Å². The fourth-order valence-electron chi connectivity index (χ4n) is 3.89. The molecule has 21 heavy (non-hydrogen) atoms. The van der Waals surface area contributed by atoms with Crippen LogP contribution in [0.2, 0.25) is 0 Å². The summed E-state index contributed by atoms with van der Waals surface area (Å²) in [4.78, 5) is 5.15. The van der Waals surface area contributed by atoms with Crippen LogP contribution in [0.1, 0.15) is 17.5 Å². The van der Waals surface area contributed by atoms with Gasteiger partial charge in [-0.3, -0.25) is 0 Å². The highest BCUT2D eigenvalue weighted by Crippen LogP contribution is 2.26. The molecular formula is C18H28N2O. The molecule has 0 spiro atoms. The van der Waals surface area contributed by atoms with Gasteiger partial charge in [0.25, 0.3) is 0 Å². The Morgan fingerprint density at radius 1 is 1.24 bits per heavy atom. The van der Waals surface area contributed by atoms with Gasteiger partial charge in [0.1, 0.15) is 0 Å². The number of rotatable bonds is 6. The van der Waals surface area contributed by atoms with Crippen LogP contribution in [0.3, 0.4) is 0 Å². The van der Waals surface area contributed by atoms with E-state index >= 15 is 0 Å². The van der Waals surface area contributed by atoms with Crippen LogP contribution in [0.5, 0.6) is 0 Å². The first-order valence-electron chi connectivity index (χ1n) is 8.24. The quantitative estimate of drug-likeness (QED) is 0.797. The number of fused-ring (bicyclic) bond motifs is 1. The Hall–Kier alpha value is -0.900. The Bertz CT molecular complexity index is 437. The van der Waals surface area contributed by atoms with Crippen molar-refractivity contribution in [2.24, 2.45) is 5.92 Å². The second-order valence-electron chi connectivity index (χ2n) is 6.72. The second-order valence-corrected chi connectivity index (χ2v) is 6.72. The number of hydrogen-bond donors (Lipinski definition) is 0. The fourth-order valence-corrected chi connectivity index (χ4v) is 3.89. The molecule has 3 heteroatoms. The summed E-state index contributed by atoms with van der Waals surface area (Å²) < 4.78 is 5.19. The predicted molar refractivity (Wildman–Crippen MR) is 86.7 cm³/mol. The molecule has 1 aromatic rings. The number of hydrogen-bond acceptors (Lipinski definition) is 3. The summed E-state index contributed by atoms with van der Waals surface area (Å²) in [7, 11) is 4.10. The van der Waals surface area contributed by atoms with Crippen LogP contribution in [-0.4, -0.2) is 62.8 Å². The molecule has 0 aromatic heterocycles. The molecule has 1 atom stereocenters. The molecule has 1 unspecified atom stereocenters. The smallest absolute Gasteiger partial charge is 0.0589 e. The molecule has 1 fully saturated rings. The number of ether oxygens (including phenoxy) is 1. The Morgan fingerprint density at radius 3 is 2.62 bits per heavy atom. The molecule has 1 aromatic carbocycles. The van der Waals surface area contributed by atoms with Gasteiger partial charge in [0.05, 0.1) is 6.61 Å². The van der Waals surface area contributed by atoms with Crippen LogP contribution in [0.4, 0.5) is 0 Å². The summed E-state index contributed by atoms with van der Waals surface area (Å²) in [6.07, 6.45) is 3.80. The molecule has 1 saturated heterocycles. The van der Waals surface area contributed by atoms with Crippen molar-refractivity contribution in [1.29, 1.82) is 0 Å². The first kappa shape index (κ1) is 15.0.